The van der Waals surface area contributed by atoms with Crippen LogP contribution in [0.3, 0.4) is 0 Å². The van der Waals surface area contributed by atoms with Crippen LogP contribution in [0.4, 0.5) is 0 Å². The summed E-state index contributed by atoms with van der Waals surface area (Å²) < 4.78 is 32.0. The summed E-state index contributed by atoms with van der Waals surface area (Å²) in [6, 6.07) is 0. The molecule has 0 aromatic rings. The first-order chi connectivity index (χ1) is 8.87. The second kappa shape index (κ2) is 8.78. The topological polar surface area (TPSA) is 89.9 Å². The Labute approximate surface area is 118 Å². The number of hydrogen-bond acceptors (Lipinski definition) is 6. The molecule has 0 fully saturated rings. The number of thiol groups is 1. The maximum Gasteiger partial charge on any atom is 0.449 e. The highest BCUT2D eigenvalue weighted by Crippen LogP contribution is 2.15. The van der Waals surface area contributed by atoms with Crippen LogP contribution in [0.25, 0.3) is 0 Å². The fraction of sp³-hybridized carbons (Fsp3) is 0.364. The van der Waals surface area contributed by atoms with Crippen molar-refractivity contribution in [2.24, 2.45) is 0 Å². The first kappa shape index (κ1) is 17.8. The summed E-state index contributed by atoms with van der Waals surface area (Å²) in [6.45, 7) is 3.03. The zero-order valence-electron chi connectivity index (χ0n) is 10.6. The van der Waals surface area contributed by atoms with Gasteiger partial charge in [-0.15, -0.1) is 0 Å². The van der Waals surface area contributed by atoms with Crippen LogP contribution in [0.2, 0.25) is 0 Å². The molecule has 0 amide bonds. The van der Waals surface area contributed by atoms with Crippen molar-refractivity contribution in [1.82, 2.24) is 0 Å². The Hall–Kier alpha value is -1.25. The lowest BCUT2D eigenvalue weighted by atomic mass is 10.2. The van der Waals surface area contributed by atoms with Crippen molar-refractivity contribution >= 4 is 29.0 Å². The quantitative estimate of drug-likeness (QED) is 0.307. The van der Waals surface area contributed by atoms with Crippen molar-refractivity contribution in [2.75, 3.05) is 12.4 Å². The molecule has 6 nitrogen and oxygen atoms in total. The van der Waals surface area contributed by atoms with E-state index in [2.05, 4.69) is 21.0 Å². The average molecular weight is 308 g/mol. The molecule has 0 radical (unpaired) electrons. The van der Waals surface area contributed by atoms with Crippen molar-refractivity contribution < 1.29 is 26.7 Å². The molecule has 0 aliphatic carbocycles. The number of carbonyl (C=O) groups is 1. The summed E-state index contributed by atoms with van der Waals surface area (Å²) in [7, 11) is -4.32. The summed E-state index contributed by atoms with van der Waals surface area (Å²) in [4.78, 5) is 11.0. The van der Waals surface area contributed by atoms with Crippen LogP contribution in [0, 0.1) is 0 Å². The fourth-order valence-corrected chi connectivity index (χ4v) is 1.93. The molecule has 0 aromatic carbocycles. The summed E-state index contributed by atoms with van der Waals surface area (Å²) in [5, 5.41) is 9.00. The van der Waals surface area contributed by atoms with Gasteiger partial charge in [0.25, 0.3) is 0 Å². The monoisotopic (exact) mass is 308 g/mol. The summed E-state index contributed by atoms with van der Waals surface area (Å²) in [6.07, 6.45) is 5.37. The van der Waals surface area contributed by atoms with E-state index in [1.54, 1.807) is 13.8 Å². The van der Waals surface area contributed by atoms with E-state index in [0.717, 1.165) is 0 Å². The summed E-state index contributed by atoms with van der Waals surface area (Å²) >= 11 is 3.79. The van der Waals surface area contributed by atoms with E-state index in [0.29, 0.717) is 0 Å². The Balaban J connectivity index is 5.44. The Morgan fingerprint density at radius 1 is 1.26 bits per heavy atom. The van der Waals surface area contributed by atoms with Gasteiger partial charge < -0.3 is 9.29 Å². The summed E-state index contributed by atoms with van der Waals surface area (Å²) in [5.74, 6) is -1.45. The molecule has 0 aliphatic rings. The molecule has 0 spiro atoms. The van der Waals surface area contributed by atoms with Crippen molar-refractivity contribution in [3.63, 3.8) is 0 Å². The Bertz CT molecular complexity index is 487. The van der Waals surface area contributed by atoms with Crippen molar-refractivity contribution in [1.29, 1.82) is 0 Å². The van der Waals surface area contributed by atoms with Crippen LogP contribution in [0.15, 0.2) is 35.6 Å². The number of carboxylic acid groups (broad SMARTS) is 1. The van der Waals surface area contributed by atoms with Gasteiger partial charge >= 0.3 is 16.4 Å². The van der Waals surface area contributed by atoms with E-state index < -0.39 is 16.4 Å². The van der Waals surface area contributed by atoms with Crippen LogP contribution in [0.1, 0.15) is 13.8 Å². The highest BCUT2D eigenvalue weighted by molar-refractivity contribution is 7.82. The number of aliphatic carboxylic acids is 1. The maximum atomic E-state index is 11.4. The lowest BCUT2D eigenvalue weighted by Crippen LogP contribution is -2.13. The highest BCUT2D eigenvalue weighted by atomic mass is 32.3. The third-order valence-electron chi connectivity index (χ3n) is 1.66. The van der Waals surface area contributed by atoms with Gasteiger partial charge in [0.1, 0.15) is 5.57 Å². The highest BCUT2D eigenvalue weighted by Gasteiger charge is 2.19. The Morgan fingerprint density at radius 2 is 1.84 bits per heavy atom. The van der Waals surface area contributed by atoms with E-state index in [-0.39, 0.29) is 23.7 Å². The van der Waals surface area contributed by atoms with E-state index in [1.807, 2.05) is 0 Å². The Kier molecular flexibility index (Phi) is 8.21. The minimum Gasteiger partial charge on any atom is -0.478 e. The van der Waals surface area contributed by atoms with Crippen molar-refractivity contribution in [3.8, 4) is 0 Å². The van der Waals surface area contributed by atoms with Crippen LogP contribution in [-0.2, 0) is 23.6 Å². The molecule has 0 atom stereocenters. The normalized spacial score (nSPS) is 13.8. The molecule has 0 heterocycles. The zero-order chi connectivity index (χ0) is 14.9. The lowest BCUT2D eigenvalue weighted by molar-refractivity contribution is -0.132. The number of allylic oxidation sites excluding steroid dienone is 3. The molecular formula is C11H16O6S2. The van der Waals surface area contributed by atoms with Crippen molar-refractivity contribution in [3.05, 3.63) is 35.6 Å². The molecule has 0 aliphatic heterocycles. The molecule has 108 valence electrons. The van der Waals surface area contributed by atoms with E-state index in [9.17, 15) is 13.2 Å². The second-order valence-electron chi connectivity index (χ2n) is 3.12. The van der Waals surface area contributed by atoms with Gasteiger partial charge in [-0.25, -0.2) is 8.98 Å². The van der Waals surface area contributed by atoms with Gasteiger partial charge in [-0.05, 0) is 26.0 Å². The van der Waals surface area contributed by atoms with Gasteiger partial charge in [0.2, 0.25) is 0 Å². The van der Waals surface area contributed by atoms with Gasteiger partial charge in [0.05, 0.1) is 6.61 Å². The minimum absolute atomic E-state index is 0.166. The smallest absolute Gasteiger partial charge is 0.449 e. The second-order valence-corrected chi connectivity index (χ2v) is 4.79. The average Bonchev–Trinajstić information content (AvgIpc) is 2.32. The minimum atomic E-state index is -4.32. The van der Waals surface area contributed by atoms with Crippen LogP contribution in [-0.4, -0.2) is 31.9 Å². The molecular weight excluding hydrogens is 292 g/mol. The first-order valence-electron chi connectivity index (χ1n) is 5.30. The fourth-order valence-electron chi connectivity index (χ4n) is 1.01. The Morgan fingerprint density at radius 3 is 2.26 bits per heavy atom. The van der Waals surface area contributed by atoms with Crippen LogP contribution < -0.4 is 0 Å². The molecule has 0 saturated carbocycles. The SMILES string of the molecule is C\C=C/C(OS(=O)(=O)OCCS)=C(\C=C/C)C(=O)O. The van der Waals surface area contributed by atoms with E-state index >= 15 is 0 Å². The van der Waals surface area contributed by atoms with Crippen molar-refractivity contribution in [2.45, 2.75) is 13.8 Å². The van der Waals surface area contributed by atoms with E-state index in [1.165, 1.54) is 24.3 Å². The number of rotatable bonds is 8. The number of carboxylic acids is 1. The third-order valence-corrected chi connectivity index (χ3v) is 2.68. The molecule has 19 heavy (non-hydrogen) atoms. The molecule has 0 aromatic heterocycles. The van der Waals surface area contributed by atoms with Crippen LogP contribution >= 0.6 is 12.6 Å². The molecule has 1 N–H and O–H groups in total. The predicted molar refractivity (Wildman–Crippen MR) is 74.1 cm³/mol. The van der Waals surface area contributed by atoms with Gasteiger partial charge in [-0.3, -0.25) is 0 Å². The van der Waals surface area contributed by atoms with Gasteiger partial charge in [-0.1, -0.05) is 12.2 Å². The number of hydrogen-bond donors (Lipinski definition) is 2. The molecule has 0 saturated heterocycles. The molecule has 8 heteroatoms. The van der Waals surface area contributed by atoms with Gasteiger partial charge in [0, 0.05) is 5.75 Å². The molecule has 0 unspecified atom stereocenters. The maximum absolute atomic E-state index is 11.4. The van der Waals surface area contributed by atoms with Gasteiger partial charge in [0.15, 0.2) is 5.76 Å². The standard InChI is InChI=1S/C11H16O6S2/c1-3-5-9(11(12)13)10(6-4-2)17-19(14,15)16-7-8-18/h3-6,18H,7-8H2,1-2H3,(H,12,13)/b5-3-,6-4-,10-9-. The summed E-state index contributed by atoms with van der Waals surface area (Å²) in [5.41, 5.74) is -0.293. The molecule has 0 rings (SSSR count). The van der Waals surface area contributed by atoms with Gasteiger partial charge in [-0.2, -0.15) is 21.0 Å². The largest absolute Gasteiger partial charge is 0.478 e. The third kappa shape index (κ3) is 7.04. The van der Waals surface area contributed by atoms with Crippen LogP contribution in [0.5, 0.6) is 0 Å². The van der Waals surface area contributed by atoms with E-state index in [4.69, 9.17) is 5.11 Å². The lowest BCUT2D eigenvalue weighted by Gasteiger charge is -2.08. The first-order valence-corrected chi connectivity index (χ1v) is 7.27. The zero-order valence-corrected chi connectivity index (χ0v) is 12.3. The molecule has 0 bridgehead atoms. The predicted octanol–water partition coefficient (Wildman–Crippen LogP) is 1.69.